The van der Waals surface area contributed by atoms with Crippen molar-refractivity contribution in [3.8, 4) is 5.75 Å². The number of carbonyl (C=O) groups is 2. The van der Waals surface area contributed by atoms with E-state index in [4.69, 9.17) is 4.74 Å². The molecule has 7 nitrogen and oxygen atoms in total. The number of carbonyl (C=O) groups excluding carboxylic acids is 2. The summed E-state index contributed by atoms with van der Waals surface area (Å²) in [5, 5.41) is 12.3. The van der Waals surface area contributed by atoms with E-state index in [-0.39, 0.29) is 11.8 Å². The molecule has 0 aliphatic carbocycles. The number of H-pyrrole nitrogens is 1. The number of anilines is 1. The number of aromatic nitrogens is 2. The van der Waals surface area contributed by atoms with Crippen LogP contribution >= 0.6 is 0 Å². The van der Waals surface area contributed by atoms with Crippen LogP contribution in [0.15, 0.2) is 24.4 Å². The van der Waals surface area contributed by atoms with Gasteiger partial charge < -0.3 is 15.4 Å². The minimum atomic E-state index is -0.627. The van der Waals surface area contributed by atoms with Crippen LogP contribution in [0, 0.1) is 6.92 Å². The Bertz CT molecular complexity index is 738. The average Bonchev–Trinajstić information content (AvgIpc) is 2.91. The van der Waals surface area contributed by atoms with Crippen LogP contribution in [0.25, 0.3) is 0 Å². The Hall–Kier alpha value is -2.83. The lowest BCUT2D eigenvalue weighted by Gasteiger charge is -2.25. The van der Waals surface area contributed by atoms with Gasteiger partial charge in [-0.15, -0.1) is 0 Å². The molecule has 22 heavy (non-hydrogen) atoms. The van der Waals surface area contributed by atoms with Gasteiger partial charge in [0.1, 0.15) is 0 Å². The molecule has 1 aromatic heterocycles. The molecule has 2 heterocycles. The molecule has 0 unspecified atom stereocenters. The summed E-state index contributed by atoms with van der Waals surface area (Å²) in [5.41, 5.74) is 2.73. The fourth-order valence-electron chi connectivity index (χ4n) is 2.23. The van der Waals surface area contributed by atoms with Gasteiger partial charge >= 0.3 is 0 Å². The number of ether oxygens (including phenoxy) is 1. The van der Waals surface area contributed by atoms with Crippen LogP contribution in [0.2, 0.25) is 0 Å². The standard InChI is InChI=1S/C15H16N4O3/c1-8-10(7-17-19-8)6-16-15(21)11-4-3-5-12-13(11)22-9(2)14(20)18-12/h3-5,7,9H,6H2,1-2H3,(H,16,21)(H,17,19)(H,18,20)/t9-/m1/s1. The molecule has 1 atom stereocenters. The van der Waals surface area contributed by atoms with Crippen molar-refractivity contribution >= 4 is 17.5 Å². The van der Waals surface area contributed by atoms with E-state index in [1.54, 1.807) is 31.3 Å². The Labute approximate surface area is 127 Å². The quantitative estimate of drug-likeness (QED) is 0.797. The number of fused-ring (bicyclic) bond motifs is 1. The molecule has 1 aliphatic rings. The van der Waals surface area contributed by atoms with Gasteiger partial charge in [-0.25, -0.2) is 0 Å². The number of para-hydroxylation sites is 1. The third-order valence-corrected chi connectivity index (χ3v) is 3.56. The zero-order valence-electron chi connectivity index (χ0n) is 12.3. The van der Waals surface area contributed by atoms with Crippen molar-refractivity contribution in [3.63, 3.8) is 0 Å². The Morgan fingerprint density at radius 3 is 3.00 bits per heavy atom. The molecular formula is C15H16N4O3. The lowest BCUT2D eigenvalue weighted by molar-refractivity contribution is -0.122. The van der Waals surface area contributed by atoms with Crippen molar-refractivity contribution in [1.82, 2.24) is 15.5 Å². The smallest absolute Gasteiger partial charge is 0.265 e. The van der Waals surface area contributed by atoms with Crippen molar-refractivity contribution in [2.45, 2.75) is 26.5 Å². The van der Waals surface area contributed by atoms with Crippen molar-refractivity contribution in [3.05, 3.63) is 41.2 Å². The largest absolute Gasteiger partial charge is 0.478 e. The van der Waals surface area contributed by atoms with E-state index in [1.807, 2.05) is 6.92 Å². The summed E-state index contributed by atoms with van der Waals surface area (Å²) in [7, 11) is 0. The molecule has 0 bridgehead atoms. The van der Waals surface area contributed by atoms with Crippen molar-refractivity contribution < 1.29 is 14.3 Å². The molecule has 3 N–H and O–H groups in total. The lowest BCUT2D eigenvalue weighted by atomic mass is 10.1. The Morgan fingerprint density at radius 2 is 2.27 bits per heavy atom. The zero-order valence-corrected chi connectivity index (χ0v) is 12.3. The molecule has 0 radical (unpaired) electrons. The van der Waals surface area contributed by atoms with Gasteiger partial charge in [0.25, 0.3) is 11.8 Å². The van der Waals surface area contributed by atoms with Gasteiger partial charge in [0.15, 0.2) is 11.9 Å². The van der Waals surface area contributed by atoms with E-state index >= 15 is 0 Å². The van der Waals surface area contributed by atoms with E-state index in [0.717, 1.165) is 11.3 Å². The summed E-state index contributed by atoms with van der Waals surface area (Å²) in [4.78, 5) is 24.0. The highest BCUT2D eigenvalue weighted by atomic mass is 16.5. The first-order valence-corrected chi connectivity index (χ1v) is 6.94. The number of amides is 2. The van der Waals surface area contributed by atoms with Gasteiger partial charge in [-0.2, -0.15) is 5.10 Å². The van der Waals surface area contributed by atoms with Crippen LogP contribution in [0.5, 0.6) is 5.75 Å². The molecule has 0 saturated carbocycles. The van der Waals surface area contributed by atoms with Crippen LogP contribution in [0.1, 0.15) is 28.5 Å². The molecule has 1 aromatic carbocycles. The highest BCUT2D eigenvalue weighted by Gasteiger charge is 2.27. The number of hydrogen-bond donors (Lipinski definition) is 3. The Kier molecular flexibility index (Phi) is 3.54. The van der Waals surface area contributed by atoms with Gasteiger partial charge in [0.2, 0.25) is 0 Å². The SMILES string of the molecule is Cc1[nH]ncc1CNC(=O)c1cccc2c1O[C@H](C)C(=O)N2. The van der Waals surface area contributed by atoms with Crippen LogP contribution < -0.4 is 15.4 Å². The first-order valence-electron chi connectivity index (χ1n) is 6.94. The van der Waals surface area contributed by atoms with Gasteiger partial charge in [-0.3, -0.25) is 14.7 Å². The zero-order chi connectivity index (χ0) is 15.7. The highest BCUT2D eigenvalue weighted by molar-refractivity contribution is 6.03. The van der Waals surface area contributed by atoms with Gasteiger partial charge in [0, 0.05) is 17.8 Å². The summed E-state index contributed by atoms with van der Waals surface area (Å²) in [6, 6.07) is 5.08. The third kappa shape index (κ3) is 2.52. The maximum atomic E-state index is 12.4. The van der Waals surface area contributed by atoms with Crippen LogP contribution in [0.3, 0.4) is 0 Å². The maximum absolute atomic E-state index is 12.4. The fraction of sp³-hybridized carbons (Fsp3) is 0.267. The van der Waals surface area contributed by atoms with E-state index in [0.29, 0.717) is 23.5 Å². The minimum absolute atomic E-state index is 0.223. The number of rotatable bonds is 3. The molecule has 114 valence electrons. The van der Waals surface area contributed by atoms with E-state index in [1.165, 1.54) is 0 Å². The second-order valence-corrected chi connectivity index (χ2v) is 5.13. The molecule has 0 fully saturated rings. The fourth-order valence-corrected chi connectivity index (χ4v) is 2.23. The monoisotopic (exact) mass is 300 g/mol. The summed E-state index contributed by atoms with van der Waals surface area (Å²) in [5.74, 6) is -0.0871. The molecule has 0 saturated heterocycles. The van der Waals surface area contributed by atoms with Crippen molar-refractivity contribution in [2.24, 2.45) is 0 Å². The minimum Gasteiger partial charge on any atom is -0.478 e. The summed E-state index contributed by atoms with van der Waals surface area (Å²) < 4.78 is 5.57. The van der Waals surface area contributed by atoms with E-state index in [9.17, 15) is 9.59 Å². The normalized spacial score (nSPS) is 16.5. The number of hydrogen-bond acceptors (Lipinski definition) is 4. The first-order chi connectivity index (χ1) is 10.6. The highest BCUT2D eigenvalue weighted by Crippen LogP contribution is 2.33. The molecule has 1 aliphatic heterocycles. The predicted molar refractivity (Wildman–Crippen MR) is 79.7 cm³/mol. The molecule has 7 heteroatoms. The predicted octanol–water partition coefficient (Wildman–Crippen LogP) is 1.37. The van der Waals surface area contributed by atoms with Gasteiger partial charge in [-0.1, -0.05) is 6.07 Å². The molecule has 3 rings (SSSR count). The number of aryl methyl sites for hydroxylation is 1. The van der Waals surface area contributed by atoms with E-state index < -0.39 is 6.10 Å². The van der Waals surface area contributed by atoms with Crippen molar-refractivity contribution in [1.29, 1.82) is 0 Å². The van der Waals surface area contributed by atoms with Crippen molar-refractivity contribution in [2.75, 3.05) is 5.32 Å². The summed E-state index contributed by atoms with van der Waals surface area (Å²) in [6.45, 7) is 3.90. The average molecular weight is 300 g/mol. The first kappa shape index (κ1) is 14.1. The van der Waals surface area contributed by atoms with Crippen LogP contribution in [-0.4, -0.2) is 28.1 Å². The number of nitrogens with zero attached hydrogens (tertiary/aromatic N) is 1. The maximum Gasteiger partial charge on any atom is 0.265 e. The molecule has 2 amide bonds. The number of aromatic amines is 1. The second-order valence-electron chi connectivity index (χ2n) is 5.13. The third-order valence-electron chi connectivity index (χ3n) is 3.56. The summed E-state index contributed by atoms with van der Waals surface area (Å²) >= 11 is 0. The molecular weight excluding hydrogens is 284 g/mol. The Balaban J connectivity index is 1.80. The molecule has 0 spiro atoms. The van der Waals surface area contributed by atoms with Crippen LogP contribution in [0.4, 0.5) is 5.69 Å². The number of benzene rings is 1. The molecule has 2 aromatic rings. The van der Waals surface area contributed by atoms with E-state index in [2.05, 4.69) is 20.8 Å². The second kappa shape index (κ2) is 5.51. The van der Waals surface area contributed by atoms with Crippen LogP contribution in [-0.2, 0) is 11.3 Å². The lowest BCUT2D eigenvalue weighted by Crippen LogP contribution is -2.35. The summed E-state index contributed by atoms with van der Waals surface area (Å²) in [6.07, 6.45) is 1.05. The van der Waals surface area contributed by atoms with Gasteiger partial charge in [0.05, 0.1) is 17.4 Å². The topological polar surface area (TPSA) is 96.1 Å². The Morgan fingerprint density at radius 1 is 1.45 bits per heavy atom. The van der Waals surface area contributed by atoms with Gasteiger partial charge in [-0.05, 0) is 26.0 Å². The number of nitrogens with one attached hydrogen (secondary N) is 3.